The number of ether oxygens (including phenoxy) is 1. The van der Waals surface area contributed by atoms with Gasteiger partial charge in [0.05, 0.1) is 6.10 Å². The first kappa shape index (κ1) is 12.1. The summed E-state index contributed by atoms with van der Waals surface area (Å²) >= 11 is 5.25. The van der Waals surface area contributed by atoms with E-state index >= 15 is 0 Å². The minimum Gasteiger partial charge on any atom is -0.378 e. The van der Waals surface area contributed by atoms with Crippen molar-refractivity contribution < 1.29 is 4.74 Å². The first-order valence-electron chi connectivity index (χ1n) is 4.72. The van der Waals surface area contributed by atoms with Crippen LogP contribution in [0.1, 0.15) is 13.8 Å². The van der Waals surface area contributed by atoms with E-state index in [1.54, 1.807) is 0 Å². The Balaban J connectivity index is 2.34. The molecule has 0 amide bonds. The van der Waals surface area contributed by atoms with Gasteiger partial charge in [-0.1, -0.05) is 15.9 Å². The second kappa shape index (κ2) is 6.49. The summed E-state index contributed by atoms with van der Waals surface area (Å²) in [6.07, 6.45) is 0.327. The Morgan fingerprint density at radius 3 is 2.57 bits per heavy atom. The van der Waals surface area contributed by atoms with Gasteiger partial charge in [-0.15, -0.1) is 11.8 Å². The van der Waals surface area contributed by atoms with Crippen molar-refractivity contribution >= 4 is 27.7 Å². The van der Waals surface area contributed by atoms with E-state index in [4.69, 9.17) is 4.74 Å². The van der Waals surface area contributed by atoms with E-state index in [1.165, 1.54) is 4.90 Å². The lowest BCUT2D eigenvalue weighted by Crippen LogP contribution is -2.10. The normalized spacial score (nSPS) is 12.8. The summed E-state index contributed by atoms with van der Waals surface area (Å²) in [6.45, 7) is 4.93. The Morgan fingerprint density at radius 2 is 2.00 bits per heavy atom. The van der Waals surface area contributed by atoms with Crippen molar-refractivity contribution in [1.82, 2.24) is 0 Å². The van der Waals surface area contributed by atoms with E-state index in [9.17, 15) is 0 Å². The van der Waals surface area contributed by atoms with Crippen molar-refractivity contribution in [2.24, 2.45) is 0 Å². The largest absolute Gasteiger partial charge is 0.378 e. The minimum atomic E-state index is 0.327. The summed E-state index contributed by atoms with van der Waals surface area (Å²) in [7, 11) is 0. The number of benzene rings is 1. The van der Waals surface area contributed by atoms with E-state index < -0.39 is 0 Å². The number of thioether (sulfide) groups is 1. The highest BCUT2D eigenvalue weighted by Gasteiger charge is 2.01. The topological polar surface area (TPSA) is 9.23 Å². The van der Waals surface area contributed by atoms with Gasteiger partial charge in [0.25, 0.3) is 0 Å². The molecule has 0 saturated heterocycles. The van der Waals surface area contributed by atoms with Gasteiger partial charge in [0.1, 0.15) is 0 Å². The van der Waals surface area contributed by atoms with Crippen molar-refractivity contribution in [3.63, 3.8) is 0 Å². The lowest BCUT2D eigenvalue weighted by Gasteiger charge is -2.10. The smallest absolute Gasteiger partial charge is 0.0640 e. The fourth-order valence-electron chi connectivity index (χ4n) is 1.08. The van der Waals surface area contributed by atoms with Gasteiger partial charge in [-0.05, 0) is 38.1 Å². The summed E-state index contributed by atoms with van der Waals surface area (Å²) in [5.41, 5.74) is 0. The third kappa shape index (κ3) is 4.49. The molecule has 0 fully saturated rings. The van der Waals surface area contributed by atoms with Gasteiger partial charge in [-0.3, -0.25) is 0 Å². The molecule has 3 heteroatoms. The van der Waals surface area contributed by atoms with E-state index in [0.29, 0.717) is 6.10 Å². The number of hydrogen-bond donors (Lipinski definition) is 0. The molecular formula is C11H15BrOS. The molecule has 0 saturated carbocycles. The fraction of sp³-hybridized carbons (Fsp3) is 0.455. The van der Waals surface area contributed by atoms with Crippen molar-refractivity contribution in [3.05, 3.63) is 28.7 Å². The van der Waals surface area contributed by atoms with Crippen molar-refractivity contribution in [1.29, 1.82) is 0 Å². The highest BCUT2D eigenvalue weighted by Crippen LogP contribution is 2.21. The molecule has 1 aromatic carbocycles. The summed E-state index contributed by atoms with van der Waals surface area (Å²) in [4.78, 5) is 1.29. The zero-order valence-electron chi connectivity index (χ0n) is 8.50. The number of halogens is 1. The number of rotatable bonds is 5. The Hall–Kier alpha value is 0.01000. The average Bonchev–Trinajstić information content (AvgIpc) is 2.17. The predicted octanol–water partition coefficient (Wildman–Crippen LogP) is 3.97. The van der Waals surface area contributed by atoms with Crippen LogP contribution in [0.15, 0.2) is 33.6 Å². The van der Waals surface area contributed by atoms with Crippen molar-refractivity contribution in [2.45, 2.75) is 24.8 Å². The van der Waals surface area contributed by atoms with E-state index in [2.05, 4.69) is 47.1 Å². The van der Waals surface area contributed by atoms with Crippen LogP contribution in [0.4, 0.5) is 0 Å². The standard InChI is InChI=1S/C11H15BrOS/c1-3-13-9(2)8-14-11-6-4-10(12)5-7-11/h4-7,9H,3,8H2,1-2H3. The van der Waals surface area contributed by atoms with Crippen LogP contribution >= 0.6 is 27.7 Å². The van der Waals surface area contributed by atoms with Crippen LogP contribution in [0.3, 0.4) is 0 Å². The van der Waals surface area contributed by atoms with Gasteiger partial charge in [-0.25, -0.2) is 0 Å². The van der Waals surface area contributed by atoms with Gasteiger partial charge in [0.15, 0.2) is 0 Å². The molecule has 0 bridgehead atoms. The van der Waals surface area contributed by atoms with Gasteiger partial charge in [-0.2, -0.15) is 0 Å². The molecule has 0 aliphatic heterocycles. The van der Waals surface area contributed by atoms with Crippen LogP contribution in [0.2, 0.25) is 0 Å². The lowest BCUT2D eigenvalue weighted by atomic mass is 10.4. The van der Waals surface area contributed by atoms with Crippen LogP contribution in [0.5, 0.6) is 0 Å². The molecular weight excluding hydrogens is 260 g/mol. The Morgan fingerprint density at radius 1 is 1.36 bits per heavy atom. The first-order chi connectivity index (χ1) is 6.72. The second-order valence-corrected chi connectivity index (χ2v) is 5.04. The van der Waals surface area contributed by atoms with Gasteiger partial charge in [0, 0.05) is 21.7 Å². The molecule has 0 aliphatic rings. The summed E-state index contributed by atoms with van der Waals surface area (Å²) in [5.74, 6) is 1.01. The zero-order chi connectivity index (χ0) is 10.4. The van der Waals surface area contributed by atoms with Crippen LogP contribution in [0.25, 0.3) is 0 Å². The molecule has 1 aromatic rings. The van der Waals surface area contributed by atoms with Gasteiger partial charge < -0.3 is 4.74 Å². The predicted molar refractivity (Wildman–Crippen MR) is 66.0 cm³/mol. The molecule has 1 atom stereocenters. The first-order valence-corrected chi connectivity index (χ1v) is 6.50. The van der Waals surface area contributed by atoms with Gasteiger partial charge in [0.2, 0.25) is 0 Å². The molecule has 78 valence electrons. The lowest BCUT2D eigenvalue weighted by molar-refractivity contribution is 0.0932. The molecule has 0 aliphatic carbocycles. The van der Waals surface area contributed by atoms with Crippen LogP contribution in [-0.2, 0) is 4.74 Å². The average molecular weight is 275 g/mol. The monoisotopic (exact) mass is 274 g/mol. The van der Waals surface area contributed by atoms with Crippen molar-refractivity contribution in [3.8, 4) is 0 Å². The third-order valence-electron chi connectivity index (χ3n) is 1.75. The van der Waals surface area contributed by atoms with E-state index in [1.807, 2.05) is 18.7 Å². The second-order valence-electron chi connectivity index (χ2n) is 3.03. The highest BCUT2D eigenvalue weighted by molar-refractivity contribution is 9.10. The van der Waals surface area contributed by atoms with Crippen LogP contribution in [0, 0.1) is 0 Å². The Labute approximate surface area is 98.4 Å². The molecule has 1 rings (SSSR count). The maximum atomic E-state index is 5.46. The summed E-state index contributed by atoms with van der Waals surface area (Å²) < 4.78 is 6.58. The quantitative estimate of drug-likeness (QED) is 0.752. The highest BCUT2D eigenvalue weighted by atomic mass is 79.9. The maximum absolute atomic E-state index is 5.46. The maximum Gasteiger partial charge on any atom is 0.0640 e. The van der Waals surface area contributed by atoms with E-state index in [-0.39, 0.29) is 0 Å². The molecule has 0 N–H and O–H groups in total. The van der Waals surface area contributed by atoms with Gasteiger partial charge >= 0.3 is 0 Å². The summed E-state index contributed by atoms with van der Waals surface area (Å²) in [5, 5.41) is 0. The van der Waals surface area contributed by atoms with Crippen molar-refractivity contribution in [2.75, 3.05) is 12.4 Å². The molecule has 0 aromatic heterocycles. The third-order valence-corrected chi connectivity index (χ3v) is 3.52. The molecule has 14 heavy (non-hydrogen) atoms. The van der Waals surface area contributed by atoms with Crippen LogP contribution < -0.4 is 0 Å². The molecule has 1 unspecified atom stereocenters. The van der Waals surface area contributed by atoms with E-state index in [0.717, 1.165) is 16.8 Å². The number of hydrogen-bond acceptors (Lipinski definition) is 2. The Kier molecular flexibility index (Phi) is 5.60. The fourth-order valence-corrected chi connectivity index (χ4v) is 2.19. The zero-order valence-corrected chi connectivity index (χ0v) is 10.9. The molecule has 0 radical (unpaired) electrons. The Bertz CT molecular complexity index is 260. The van der Waals surface area contributed by atoms with Crippen LogP contribution in [-0.4, -0.2) is 18.5 Å². The SMILES string of the molecule is CCOC(C)CSc1ccc(Br)cc1. The molecule has 0 heterocycles. The summed E-state index contributed by atoms with van der Waals surface area (Å²) in [6, 6.07) is 8.36. The minimum absolute atomic E-state index is 0.327. The molecule has 1 nitrogen and oxygen atoms in total. The molecule has 0 spiro atoms.